The predicted octanol–water partition coefficient (Wildman–Crippen LogP) is 4.15. The first-order valence-corrected chi connectivity index (χ1v) is 9.29. The van der Waals surface area contributed by atoms with Gasteiger partial charge >= 0.3 is 0 Å². The lowest BCUT2D eigenvalue weighted by Crippen LogP contribution is -2.28. The third-order valence-corrected chi connectivity index (χ3v) is 4.84. The highest BCUT2D eigenvalue weighted by atomic mass is 16.5. The van der Waals surface area contributed by atoms with Crippen LogP contribution in [-0.2, 0) is 11.3 Å². The van der Waals surface area contributed by atoms with E-state index < -0.39 is 0 Å². The molecule has 0 saturated carbocycles. The Labute approximate surface area is 155 Å². The second-order valence-electron chi connectivity index (χ2n) is 6.98. The van der Waals surface area contributed by atoms with E-state index in [0.29, 0.717) is 6.10 Å². The van der Waals surface area contributed by atoms with Crippen LogP contribution in [0.5, 0.6) is 0 Å². The molecule has 0 N–H and O–H groups in total. The first-order chi connectivity index (χ1) is 12.8. The average Bonchev–Trinajstić information content (AvgIpc) is 3.33. The molecule has 26 heavy (non-hydrogen) atoms. The van der Waals surface area contributed by atoms with E-state index in [1.807, 2.05) is 28.9 Å². The molecule has 0 spiro atoms. The van der Waals surface area contributed by atoms with Crippen molar-refractivity contribution in [3.8, 4) is 16.9 Å². The highest BCUT2D eigenvalue weighted by Crippen LogP contribution is 2.25. The molecular formula is C22H25N3O. The maximum Gasteiger partial charge on any atom is 0.0972 e. The van der Waals surface area contributed by atoms with E-state index in [-0.39, 0.29) is 0 Å². The Kier molecular flexibility index (Phi) is 5.14. The molecule has 0 radical (unpaired) electrons. The van der Waals surface area contributed by atoms with E-state index >= 15 is 0 Å². The summed E-state index contributed by atoms with van der Waals surface area (Å²) in [5.74, 6) is 0. The number of hydrogen-bond donors (Lipinski definition) is 0. The summed E-state index contributed by atoms with van der Waals surface area (Å²) in [4.78, 5) is 2.34. The molecule has 1 aliphatic rings. The van der Waals surface area contributed by atoms with Gasteiger partial charge in [-0.15, -0.1) is 0 Å². The molecule has 1 saturated heterocycles. The molecular weight excluding hydrogens is 322 g/mol. The summed E-state index contributed by atoms with van der Waals surface area (Å²) >= 11 is 0. The summed E-state index contributed by atoms with van der Waals surface area (Å²) in [6.07, 6.45) is 4.87. The van der Waals surface area contributed by atoms with Crippen molar-refractivity contribution in [3.63, 3.8) is 0 Å². The molecule has 2 heterocycles. The monoisotopic (exact) mass is 347 g/mol. The van der Waals surface area contributed by atoms with Crippen molar-refractivity contribution in [2.75, 3.05) is 20.2 Å². The predicted molar refractivity (Wildman–Crippen MR) is 104 cm³/mol. The van der Waals surface area contributed by atoms with Gasteiger partial charge in [0, 0.05) is 37.0 Å². The molecule has 4 heteroatoms. The van der Waals surface area contributed by atoms with Gasteiger partial charge in [0.25, 0.3) is 0 Å². The Morgan fingerprint density at radius 3 is 2.50 bits per heavy atom. The van der Waals surface area contributed by atoms with Crippen molar-refractivity contribution < 1.29 is 4.74 Å². The average molecular weight is 347 g/mol. The summed E-state index contributed by atoms with van der Waals surface area (Å²) in [5.41, 5.74) is 4.52. The van der Waals surface area contributed by atoms with Crippen LogP contribution in [0.3, 0.4) is 0 Å². The Bertz CT molecular complexity index is 823. The fourth-order valence-corrected chi connectivity index (χ4v) is 3.57. The zero-order chi connectivity index (χ0) is 17.8. The third kappa shape index (κ3) is 3.87. The molecule has 4 nitrogen and oxygen atoms in total. The lowest BCUT2D eigenvalue weighted by Gasteiger charge is -2.20. The molecule has 1 fully saturated rings. The number of hydrogen-bond acceptors (Lipinski definition) is 3. The largest absolute Gasteiger partial charge is 0.377 e. The quantitative estimate of drug-likeness (QED) is 0.671. The van der Waals surface area contributed by atoms with E-state index in [1.54, 1.807) is 0 Å². The van der Waals surface area contributed by atoms with Gasteiger partial charge in [-0.05, 0) is 32.0 Å². The smallest absolute Gasteiger partial charge is 0.0972 e. The van der Waals surface area contributed by atoms with E-state index in [4.69, 9.17) is 9.84 Å². The van der Waals surface area contributed by atoms with Gasteiger partial charge in [0.1, 0.15) is 0 Å². The highest BCUT2D eigenvalue weighted by Gasteiger charge is 2.19. The normalized spacial score (nSPS) is 17.1. The molecule has 134 valence electrons. The van der Waals surface area contributed by atoms with Gasteiger partial charge in [0.05, 0.1) is 17.5 Å². The lowest BCUT2D eigenvalue weighted by atomic mass is 10.1. The number of ether oxygens (including phenoxy) is 1. The topological polar surface area (TPSA) is 30.3 Å². The van der Waals surface area contributed by atoms with Crippen LogP contribution in [0.1, 0.15) is 18.4 Å². The summed E-state index contributed by atoms with van der Waals surface area (Å²) in [7, 11) is 2.16. The summed E-state index contributed by atoms with van der Waals surface area (Å²) in [6, 6.07) is 20.7. The van der Waals surface area contributed by atoms with Crippen LogP contribution < -0.4 is 0 Å². The first kappa shape index (κ1) is 17.0. The standard InChI is InChI=1S/C22H25N3O/c1-24(17-21-13-8-14-26-21)15-19-16-25(20-11-6-3-7-12-20)23-22(19)18-9-4-2-5-10-18/h2-7,9-12,16,21H,8,13-15,17H2,1H3. The van der Waals surface area contributed by atoms with Crippen molar-refractivity contribution in [2.24, 2.45) is 0 Å². The van der Waals surface area contributed by atoms with Gasteiger partial charge in [-0.25, -0.2) is 4.68 Å². The molecule has 3 aromatic rings. The summed E-state index contributed by atoms with van der Waals surface area (Å²) < 4.78 is 7.77. The van der Waals surface area contributed by atoms with E-state index in [2.05, 4.69) is 54.5 Å². The number of aromatic nitrogens is 2. The van der Waals surface area contributed by atoms with Crippen molar-refractivity contribution in [3.05, 3.63) is 72.4 Å². The van der Waals surface area contributed by atoms with E-state index in [9.17, 15) is 0 Å². The fourth-order valence-electron chi connectivity index (χ4n) is 3.57. The molecule has 2 aromatic carbocycles. The molecule has 0 aliphatic carbocycles. The Balaban J connectivity index is 1.62. The van der Waals surface area contributed by atoms with Crippen LogP contribution in [0.2, 0.25) is 0 Å². The minimum absolute atomic E-state index is 0.365. The number of rotatable bonds is 6. The van der Waals surface area contributed by atoms with E-state index in [0.717, 1.165) is 36.6 Å². The van der Waals surface area contributed by atoms with Gasteiger partial charge in [-0.2, -0.15) is 5.10 Å². The van der Waals surface area contributed by atoms with Gasteiger partial charge in [0.15, 0.2) is 0 Å². The molecule has 1 aliphatic heterocycles. The Morgan fingerprint density at radius 2 is 1.81 bits per heavy atom. The molecule has 0 bridgehead atoms. The van der Waals surface area contributed by atoms with Crippen LogP contribution in [-0.4, -0.2) is 41.0 Å². The fraction of sp³-hybridized carbons (Fsp3) is 0.318. The molecule has 1 unspecified atom stereocenters. The number of likely N-dealkylation sites (N-methyl/N-ethyl adjacent to an activating group) is 1. The Morgan fingerprint density at radius 1 is 1.08 bits per heavy atom. The van der Waals surface area contributed by atoms with Gasteiger partial charge in [0.2, 0.25) is 0 Å². The third-order valence-electron chi connectivity index (χ3n) is 4.84. The molecule has 0 amide bonds. The SMILES string of the molecule is CN(Cc1cn(-c2ccccc2)nc1-c1ccccc1)CC1CCCO1. The summed E-state index contributed by atoms with van der Waals surface area (Å²) in [6.45, 7) is 2.72. The second kappa shape index (κ2) is 7.85. The van der Waals surface area contributed by atoms with Gasteiger partial charge in [-0.3, -0.25) is 4.90 Å². The van der Waals surface area contributed by atoms with Gasteiger partial charge < -0.3 is 4.74 Å². The van der Waals surface area contributed by atoms with Crippen LogP contribution in [0.4, 0.5) is 0 Å². The van der Waals surface area contributed by atoms with E-state index in [1.165, 1.54) is 18.4 Å². The maximum absolute atomic E-state index is 5.79. The maximum atomic E-state index is 5.79. The number of para-hydroxylation sites is 1. The van der Waals surface area contributed by atoms with Crippen LogP contribution in [0.15, 0.2) is 66.9 Å². The van der Waals surface area contributed by atoms with Crippen LogP contribution in [0.25, 0.3) is 16.9 Å². The Hall–Kier alpha value is -2.43. The minimum Gasteiger partial charge on any atom is -0.377 e. The lowest BCUT2D eigenvalue weighted by molar-refractivity contribution is 0.0793. The van der Waals surface area contributed by atoms with Crippen LogP contribution >= 0.6 is 0 Å². The van der Waals surface area contributed by atoms with Gasteiger partial charge in [-0.1, -0.05) is 48.5 Å². The van der Waals surface area contributed by atoms with Crippen molar-refractivity contribution in [2.45, 2.75) is 25.5 Å². The van der Waals surface area contributed by atoms with Crippen molar-refractivity contribution in [1.29, 1.82) is 0 Å². The number of nitrogens with zero attached hydrogens (tertiary/aromatic N) is 3. The highest BCUT2D eigenvalue weighted by molar-refractivity contribution is 5.63. The minimum atomic E-state index is 0.365. The zero-order valence-electron chi connectivity index (χ0n) is 15.2. The molecule has 1 atom stereocenters. The zero-order valence-corrected chi connectivity index (χ0v) is 15.2. The second-order valence-corrected chi connectivity index (χ2v) is 6.98. The van der Waals surface area contributed by atoms with Crippen molar-refractivity contribution in [1.82, 2.24) is 14.7 Å². The first-order valence-electron chi connectivity index (χ1n) is 9.29. The summed E-state index contributed by atoms with van der Waals surface area (Å²) in [5, 5.41) is 4.89. The molecule has 1 aromatic heterocycles. The number of benzene rings is 2. The molecule has 4 rings (SSSR count). The van der Waals surface area contributed by atoms with Crippen molar-refractivity contribution >= 4 is 0 Å². The van der Waals surface area contributed by atoms with Crippen LogP contribution in [0, 0.1) is 0 Å².